The molecule has 2 aromatic carbocycles. The van der Waals surface area contributed by atoms with Crippen LogP contribution < -0.4 is 0 Å². The molecule has 0 spiro atoms. The minimum absolute atomic E-state index is 0.530. The van der Waals surface area contributed by atoms with Crippen LogP contribution in [-0.2, 0) is 11.2 Å². The number of hydrogen-bond acceptors (Lipinski definition) is 3. The number of benzene rings is 2. The molecule has 0 aromatic heterocycles. The molecule has 3 nitrogen and oxygen atoms in total. The van der Waals surface area contributed by atoms with Crippen molar-refractivity contribution < 1.29 is 4.79 Å². The number of halogens is 3. The SMILES string of the molecule is CCC(C)C1CCN(C)C1.CCC=O.CCc1cc(Cl)ccc1Cl.Cc1ccc(C#N)c(Cl)c1. The second-order valence-electron chi connectivity index (χ2n) is 8.46. The van der Waals surface area contributed by atoms with E-state index in [4.69, 9.17) is 40.1 Å². The molecular formula is C28H39Cl3N2O. The number of carbonyl (C=O) groups excluding carboxylic acids is 1. The Morgan fingerprint density at radius 3 is 2.18 bits per heavy atom. The van der Waals surface area contributed by atoms with Crippen LogP contribution in [0, 0.1) is 30.1 Å². The highest BCUT2D eigenvalue weighted by molar-refractivity contribution is 6.33. The van der Waals surface area contributed by atoms with Crippen molar-refractivity contribution >= 4 is 41.1 Å². The number of nitrogens with zero attached hydrogens (tertiary/aromatic N) is 2. The number of rotatable bonds is 4. The van der Waals surface area contributed by atoms with Crippen LogP contribution >= 0.6 is 34.8 Å². The highest BCUT2D eigenvalue weighted by Gasteiger charge is 2.23. The fraction of sp³-hybridized carbons (Fsp3) is 0.500. The van der Waals surface area contributed by atoms with E-state index in [-0.39, 0.29) is 0 Å². The van der Waals surface area contributed by atoms with Crippen LogP contribution in [0.4, 0.5) is 0 Å². The summed E-state index contributed by atoms with van der Waals surface area (Å²) in [5, 5.41) is 10.6. The zero-order valence-corrected chi connectivity index (χ0v) is 23.6. The first-order valence-electron chi connectivity index (χ1n) is 11.9. The maximum absolute atomic E-state index is 9.17. The predicted octanol–water partition coefficient (Wildman–Crippen LogP) is 8.66. The summed E-state index contributed by atoms with van der Waals surface area (Å²) in [6.45, 7) is 13.1. The molecular weight excluding hydrogens is 487 g/mol. The monoisotopic (exact) mass is 524 g/mol. The third-order valence-corrected chi connectivity index (χ3v) is 6.59. The van der Waals surface area contributed by atoms with Gasteiger partial charge in [0.25, 0.3) is 0 Å². The minimum atomic E-state index is 0.530. The first-order chi connectivity index (χ1) is 16.1. The second kappa shape index (κ2) is 18.7. The molecule has 1 aliphatic rings. The Kier molecular flexibility index (Phi) is 17.9. The molecule has 1 aliphatic heterocycles. The summed E-state index contributed by atoms with van der Waals surface area (Å²) >= 11 is 17.3. The highest BCUT2D eigenvalue weighted by atomic mass is 35.5. The molecule has 0 radical (unpaired) electrons. The summed E-state index contributed by atoms with van der Waals surface area (Å²) in [5.41, 5.74) is 2.71. The molecule has 1 fully saturated rings. The van der Waals surface area contributed by atoms with Gasteiger partial charge in [0, 0.05) is 23.0 Å². The molecule has 34 heavy (non-hydrogen) atoms. The van der Waals surface area contributed by atoms with Crippen LogP contribution in [0.3, 0.4) is 0 Å². The number of hydrogen-bond donors (Lipinski definition) is 0. The first-order valence-corrected chi connectivity index (χ1v) is 13.0. The molecule has 2 aromatic rings. The number of aryl methyl sites for hydroxylation is 2. The molecule has 0 aliphatic carbocycles. The smallest absolute Gasteiger partial charge is 0.119 e. The minimum Gasteiger partial charge on any atom is -0.306 e. The summed E-state index contributed by atoms with van der Waals surface area (Å²) < 4.78 is 0. The van der Waals surface area contributed by atoms with E-state index in [2.05, 4.69) is 32.7 Å². The highest BCUT2D eigenvalue weighted by Crippen LogP contribution is 2.24. The summed E-state index contributed by atoms with van der Waals surface area (Å²) in [6.07, 6.45) is 5.21. The van der Waals surface area contributed by atoms with E-state index >= 15 is 0 Å². The van der Waals surface area contributed by atoms with Gasteiger partial charge in [0.15, 0.2) is 0 Å². The van der Waals surface area contributed by atoms with Crippen molar-refractivity contribution in [1.82, 2.24) is 4.90 Å². The van der Waals surface area contributed by atoms with E-state index in [9.17, 15) is 4.79 Å². The van der Waals surface area contributed by atoms with Crippen LogP contribution in [-0.4, -0.2) is 31.3 Å². The fourth-order valence-electron chi connectivity index (χ4n) is 3.29. The van der Waals surface area contributed by atoms with E-state index in [1.54, 1.807) is 18.2 Å². The fourth-order valence-corrected chi connectivity index (χ4v) is 4.02. The van der Waals surface area contributed by atoms with Gasteiger partial charge in [0.05, 0.1) is 10.6 Å². The molecule has 2 unspecified atom stereocenters. The Morgan fingerprint density at radius 2 is 1.76 bits per heavy atom. The maximum Gasteiger partial charge on any atom is 0.119 e. The van der Waals surface area contributed by atoms with Crippen molar-refractivity contribution in [2.75, 3.05) is 20.1 Å². The molecule has 6 heteroatoms. The standard InChI is InChI=1S/C9H19N.C8H8Cl2.C8H6ClN.C3H6O/c1-4-8(2)9-5-6-10(3)7-9;1-2-6-5-7(9)3-4-8(6)10;1-6-2-3-7(5-10)8(9)4-6;1-2-3-4/h8-9H,4-7H2,1-3H3;3-5H,2H2,1H3;2-4H,1H3;3H,2H2,1H3. The molecule has 0 saturated carbocycles. The van der Waals surface area contributed by atoms with Gasteiger partial charge < -0.3 is 9.69 Å². The van der Waals surface area contributed by atoms with Gasteiger partial charge in [-0.3, -0.25) is 0 Å². The average Bonchev–Trinajstić information content (AvgIpc) is 3.27. The van der Waals surface area contributed by atoms with E-state index in [0.29, 0.717) is 17.0 Å². The van der Waals surface area contributed by atoms with Gasteiger partial charge in [-0.15, -0.1) is 0 Å². The quantitative estimate of drug-likeness (QED) is 0.375. The van der Waals surface area contributed by atoms with Crippen molar-refractivity contribution in [3.63, 3.8) is 0 Å². The van der Waals surface area contributed by atoms with Gasteiger partial charge in [0.1, 0.15) is 12.4 Å². The first kappa shape index (κ1) is 32.4. The van der Waals surface area contributed by atoms with Gasteiger partial charge >= 0.3 is 0 Å². The van der Waals surface area contributed by atoms with Crippen LogP contribution in [0.5, 0.6) is 0 Å². The summed E-state index contributed by atoms with van der Waals surface area (Å²) in [5.74, 6) is 1.92. The lowest BCUT2D eigenvalue weighted by Gasteiger charge is -2.16. The molecule has 3 rings (SSSR count). The van der Waals surface area contributed by atoms with E-state index in [0.717, 1.165) is 45.7 Å². The number of aldehydes is 1. The Hall–Kier alpha value is -1.57. The Morgan fingerprint density at radius 1 is 1.12 bits per heavy atom. The lowest BCUT2D eigenvalue weighted by Crippen LogP contribution is -2.17. The molecule has 0 bridgehead atoms. The van der Waals surface area contributed by atoms with E-state index in [1.807, 2.05) is 38.1 Å². The molecule has 2 atom stereocenters. The Labute approximate surface area is 222 Å². The van der Waals surface area contributed by atoms with Gasteiger partial charge in [-0.05, 0) is 86.7 Å². The van der Waals surface area contributed by atoms with Crippen molar-refractivity contribution in [2.24, 2.45) is 11.8 Å². The van der Waals surface area contributed by atoms with Crippen LogP contribution in [0.25, 0.3) is 0 Å². The van der Waals surface area contributed by atoms with E-state index in [1.165, 1.54) is 25.9 Å². The average molecular weight is 526 g/mol. The molecule has 1 saturated heterocycles. The number of carbonyl (C=O) groups is 1. The summed E-state index contributed by atoms with van der Waals surface area (Å²) in [4.78, 5) is 11.6. The van der Waals surface area contributed by atoms with Crippen LogP contribution in [0.1, 0.15) is 63.6 Å². The predicted molar refractivity (Wildman–Crippen MR) is 148 cm³/mol. The van der Waals surface area contributed by atoms with Crippen molar-refractivity contribution in [3.8, 4) is 6.07 Å². The topological polar surface area (TPSA) is 44.1 Å². The zero-order chi connectivity index (χ0) is 26.1. The Balaban J connectivity index is 0.000000445. The van der Waals surface area contributed by atoms with Crippen molar-refractivity contribution in [2.45, 2.75) is 60.3 Å². The lowest BCUT2D eigenvalue weighted by molar-refractivity contribution is -0.107. The van der Waals surface area contributed by atoms with Gasteiger partial charge in [-0.25, -0.2) is 0 Å². The van der Waals surface area contributed by atoms with Gasteiger partial charge in [0.2, 0.25) is 0 Å². The normalized spacial score (nSPS) is 15.4. The van der Waals surface area contributed by atoms with E-state index < -0.39 is 0 Å². The lowest BCUT2D eigenvalue weighted by atomic mass is 9.91. The molecule has 188 valence electrons. The van der Waals surface area contributed by atoms with Crippen molar-refractivity contribution in [1.29, 1.82) is 5.26 Å². The second-order valence-corrected chi connectivity index (χ2v) is 9.71. The third kappa shape index (κ3) is 13.4. The Bertz CT molecular complexity index is 887. The van der Waals surface area contributed by atoms with Crippen LogP contribution in [0.15, 0.2) is 36.4 Å². The maximum atomic E-state index is 9.17. The largest absolute Gasteiger partial charge is 0.306 e. The molecule has 0 amide bonds. The molecule has 1 heterocycles. The van der Waals surface area contributed by atoms with Gasteiger partial charge in [-0.1, -0.05) is 75.0 Å². The third-order valence-electron chi connectivity index (χ3n) is 5.68. The number of nitriles is 1. The molecule has 0 N–H and O–H groups in total. The van der Waals surface area contributed by atoms with Crippen LogP contribution in [0.2, 0.25) is 15.1 Å². The van der Waals surface area contributed by atoms with Gasteiger partial charge in [-0.2, -0.15) is 5.26 Å². The summed E-state index contributed by atoms with van der Waals surface area (Å²) in [7, 11) is 2.22. The summed E-state index contributed by atoms with van der Waals surface area (Å²) in [6, 6.07) is 12.9. The van der Waals surface area contributed by atoms with Crippen molar-refractivity contribution in [3.05, 3.63) is 68.2 Å². The number of likely N-dealkylation sites (tertiary alicyclic amines) is 1. The zero-order valence-electron chi connectivity index (χ0n) is 21.4.